The van der Waals surface area contributed by atoms with E-state index in [0.717, 1.165) is 15.8 Å². The van der Waals surface area contributed by atoms with Gasteiger partial charge < -0.3 is 19.5 Å². The summed E-state index contributed by atoms with van der Waals surface area (Å²) in [7, 11) is 1.62. The lowest BCUT2D eigenvalue weighted by Crippen LogP contribution is -2.41. The molecule has 150 valence electrons. The van der Waals surface area contributed by atoms with Crippen molar-refractivity contribution in [3.63, 3.8) is 0 Å². The number of hydrogen-bond acceptors (Lipinski definition) is 5. The van der Waals surface area contributed by atoms with Gasteiger partial charge >= 0.3 is 0 Å². The van der Waals surface area contributed by atoms with Gasteiger partial charge in [0.05, 0.1) is 11.6 Å². The molecule has 1 aromatic heterocycles. The van der Waals surface area contributed by atoms with Crippen LogP contribution in [0.3, 0.4) is 0 Å². The van der Waals surface area contributed by atoms with Crippen LogP contribution in [-0.2, 0) is 16.0 Å². The number of aryl methyl sites for hydroxylation is 2. The van der Waals surface area contributed by atoms with Crippen molar-refractivity contribution in [2.75, 3.05) is 25.5 Å². The van der Waals surface area contributed by atoms with Crippen molar-refractivity contribution in [2.24, 2.45) is 5.92 Å². The van der Waals surface area contributed by atoms with Crippen LogP contribution in [0.4, 0.5) is 5.82 Å². The number of ether oxygens (including phenoxy) is 1. The predicted molar refractivity (Wildman–Crippen MR) is 108 cm³/mol. The first-order valence-electron chi connectivity index (χ1n) is 9.30. The van der Waals surface area contributed by atoms with E-state index in [-0.39, 0.29) is 17.7 Å². The SMILES string of the molecule is COc1ccc(CCC(=O)N2CCC(C(=O)Nc3cc(C)on3)CC2)cc1Br. The Morgan fingerprint density at radius 2 is 2.07 bits per heavy atom. The maximum atomic E-state index is 12.5. The van der Waals surface area contributed by atoms with Crippen molar-refractivity contribution in [2.45, 2.75) is 32.6 Å². The van der Waals surface area contributed by atoms with Crippen molar-refractivity contribution in [1.82, 2.24) is 10.1 Å². The highest BCUT2D eigenvalue weighted by atomic mass is 79.9. The fourth-order valence-electron chi connectivity index (χ4n) is 3.32. The smallest absolute Gasteiger partial charge is 0.228 e. The second-order valence-electron chi connectivity index (χ2n) is 6.94. The number of carbonyl (C=O) groups is 2. The number of nitrogens with zero attached hydrogens (tertiary/aromatic N) is 2. The number of benzene rings is 1. The quantitative estimate of drug-likeness (QED) is 0.728. The molecule has 3 rings (SSSR count). The van der Waals surface area contributed by atoms with E-state index in [4.69, 9.17) is 9.26 Å². The number of hydrogen-bond donors (Lipinski definition) is 1. The fourth-order valence-corrected chi connectivity index (χ4v) is 3.91. The topological polar surface area (TPSA) is 84.7 Å². The molecule has 7 nitrogen and oxygen atoms in total. The van der Waals surface area contributed by atoms with Crippen molar-refractivity contribution < 1.29 is 18.8 Å². The van der Waals surface area contributed by atoms with Gasteiger partial charge in [-0.2, -0.15) is 0 Å². The molecule has 0 spiro atoms. The van der Waals surface area contributed by atoms with Crippen LogP contribution >= 0.6 is 15.9 Å². The second-order valence-corrected chi connectivity index (χ2v) is 7.79. The summed E-state index contributed by atoms with van der Waals surface area (Å²) in [6.45, 7) is 2.97. The van der Waals surface area contributed by atoms with E-state index in [1.54, 1.807) is 20.1 Å². The van der Waals surface area contributed by atoms with Crippen molar-refractivity contribution in [3.05, 3.63) is 40.1 Å². The van der Waals surface area contributed by atoms with Crippen molar-refractivity contribution in [1.29, 1.82) is 0 Å². The number of halogens is 1. The first-order chi connectivity index (χ1) is 13.5. The van der Waals surface area contributed by atoms with E-state index in [0.29, 0.717) is 50.4 Å². The standard InChI is InChI=1S/C20H24BrN3O4/c1-13-11-18(23-28-13)22-20(26)15-7-9-24(10-8-15)19(25)6-4-14-3-5-17(27-2)16(21)12-14/h3,5,11-12,15H,4,6-10H2,1-2H3,(H,22,23,26). The van der Waals surface area contributed by atoms with Gasteiger partial charge in [-0.1, -0.05) is 11.2 Å². The Morgan fingerprint density at radius 3 is 2.68 bits per heavy atom. The van der Waals surface area contributed by atoms with Crippen LogP contribution < -0.4 is 10.1 Å². The molecule has 0 aliphatic carbocycles. The van der Waals surface area contributed by atoms with Gasteiger partial charge in [-0.25, -0.2) is 0 Å². The minimum Gasteiger partial charge on any atom is -0.496 e. The second kappa shape index (κ2) is 9.23. The number of anilines is 1. The van der Waals surface area contributed by atoms with Gasteiger partial charge in [0.1, 0.15) is 11.5 Å². The molecule has 1 aromatic carbocycles. The Labute approximate surface area is 172 Å². The summed E-state index contributed by atoms with van der Waals surface area (Å²) in [6, 6.07) is 7.53. The van der Waals surface area contributed by atoms with Crippen LogP contribution in [0.2, 0.25) is 0 Å². The Balaban J connectivity index is 1.44. The van der Waals surface area contributed by atoms with E-state index in [1.807, 2.05) is 23.1 Å². The molecule has 2 amide bonds. The zero-order valence-electron chi connectivity index (χ0n) is 16.0. The lowest BCUT2D eigenvalue weighted by molar-refractivity contribution is -0.134. The van der Waals surface area contributed by atoms with E-state index in [2.05, 4.69) is 26.4 Å². The minimum atomic E-state index is -0.112. The van der Waals surface area contributed by atoms with Crippen molar-refractivity contribution in [3.8, 4) is 5.75 Å². The number of carbonyl (C=O) groups excluding carboxylic acids is 2. The number of piperidine rings is 1. The molecule has 1 aliphatic heterocycles. The Morgan fingerprint density at radius 1 is 1.32 bits per heavy atom. The summed E-state index contributed by atoms with van der Waals surface area (Å²) in [6.07, 6.45) is 2.44. The lowest BCUT2D eigenvalue weighted by atomic mass is 9.95. The van der Waals surface area contributed by atoms with Crippen LogP contribution in [0.5, 0.6) is 5.75 Å². The van der Waals surface area contributed by atoms with Gasteiger partial charge in [0.25, 0.3) is 0 Å². The zero-order chi connectivity index (χ0) is 20.1. The van der Waals surface area contributed by atoms with Gasteiger partial charge in [-0.3, -0.25) is 9.59 Å². The van der Waals surface area contributed by atoms with E-state index < -0.39 is 0 Å². The third-order valence-corrected chi connectivity index (χ3v) is 5.56. The van der Waals surface area contributed by atoms with E-state index in [9.17, 15) is 9.59 Å². The monoisotopic (exact) mass is 449 g/mol. The summed E-state index contributed by atoms with van der Waals surface area (Å²) in [5.74, 6) is 1.81. The summed E-state index contributed by atoms with van der Waals surface area (Å²) in [5, 5.41) is 6.56. The normalized spacial score (nSPS) is 14.8. The van der Waals surface area contributed by atoms with E-state index in [1.165, 1.54) is 0 Å². The largest absolute Gasteiger partial charge is 0.496 e. The molecular formula is C20H24BrN3O4. The first-order valence-corrected chi connectivity index (χ1v) is 10.1. The molecule has 0 bridgehead atoms. The zero-order valence-corrected chi connectivity index (χ0v) is 17.6. The Kier molecular flexibility index (Phi) is 6.72. The highest BCUT2D eigenvalue weighted by molar-refractivity contribution is 9.10. The fraction of sp³-hybridized carbons (Fsp3) is 0.450. The van der Waals surface area contributed by atoms with Crippen LogP contribution in [0, 0.1) is 12.8 Å². The average molecular weight is 450 g/mol. The van der Waals surface area contributed by atoms with Gasteiger partial charge in [0.2, 0.25) is 11.8 Å². The van der Waals surface area contributed by atoms with Crippen LogP contribution in [-0.4, -0.2) is 42.1 Å². The molecule has 0 radical (unpaired) electrons. The Hall–Kier alpha value is -2.35. The number of nitrogens with one attached hydrogen (secondary N) is 1. The van der Waals surface area contributed by atoms with Crippen LogP contribution in [0.25, 0.3) is 0 Å². The number of aromatic nitrogens is 1. The highest BCUT2D eigenvalue weighted by Gasteiger charge is 2.27. The van der Waals surface area contributed by atoms with Crippen LogP contribution in [0.15, 0.2) is 33.3 Å². The summed E-state index contributed by atoms with van der Waals surface area (Å²) >= 11 is 3.47. The van der Waals surface area contributed by atoms with Gasteiger partial charge in [0.15, 0.2) is 5.82 Å². The maximum absolute atomic E-state index is 12.5. The third kappa shape index (κ3) is 5.13. The summed E-state index contributed by atoms with van der Waals surface area (Å²) in [4.78, 5) is 26.7. The maximum Gasteiger partial charge on any atom is 0.228 e. The molecule has 2 aromatic rings. The highest BCUT2D eigenvalue weighted by Crippen LogP contribution is 2.26. The average Bonchev–Trinajstić information content (AvgIpc) is 3.11. The lowest BCUT2D eigenvalue weighted by Gasteiger charge is -2.31. The van der Waals surface area contributed by atoms with Gasteiger partial charge in [-0.15, -0.1) is 0 Å². The molecule has 8 heteroatoms. The molecule has 1 aliphatic rings. The molecule has 1 N–H and O–H groups in total. The molecule has 0 atom stereocenters. The molecule has 2 heterocycles. The molecule has 1 saturated heterocycles. The number of amides is 2. The summed E-state index contributed by atoms with van der Waals surface area (Å²) in [5.41, 5.74) is 1.08. The Bertz CT molecular complexity index is 844. The first kappa shape index (κ1) is 20.4. The van der Waals surface area contributed by atoms with Gasteiger partial charge in [0, 0.05) is 31.5 Å². The van der Waals surface area contributed by atoms with E-state index >= 15 is 0 Å². The molecule has 0 saturated carbocycles. The molecule has 28 heavy (non-hydrogen) atoms. The number of methoxy groups -OCH3 is 1. The minimum absolute atomic E-state index is 0.0662. The predicted octanol–water partition coefficient (Wildman–Crippen LogP) is 3.56. The van der Waals surface area contributed by atoms with Gasteiger partial charge in [-0.05, 0) is 59.8 Å². The van der Waals surface area contributed by atoms with Crippen molar-refractivity contribution >= 4 is 33.6 Å². The van der Waals surface area contributed by atoms with Crippen LogP contribution in [0.1, 0.15) is 30.6 Å². The third-order valence-electron chi connectivity index (χ3n) is 4.94. The molecular weight excluding hydrogens is 426 g/mol. The number of rotatable bonds is 6. The summed E-state index contributed by atoms with van der Waals surface area (Å²) < 4.78 is 11.1. The number of likely N-dealkylation sites (tertiary alicyclic amines) is 1. The molecule has 1 fully saturated rings. The molecule has 0 unspecified atom stereocenters.